The van der Waals surface area contributed by atoms with Crippen LogP contribution in [-0.4, -0.2) is 56.4 Å². The Kier molecular flexibility index (Phi) is 5.41. The van der Waals surface area contributed by atoms with Crippen molar-refractivity contribution in [2.45, 2.75) is 40.2 Å². The van der Waals surface area contributed by atoms with E-state index >= 15 is 0 Å². The van der Waals surface area contributed by atoms with E-state index in [2.05, 4.69) is 15.2 Å². The Morgan fingerprint density at radius 1 is 1.27 bits per heavy atom. The van der Waals surface area contributed by atoms with E-state index < -0.39 is 0 Å². The van der Waals surface area contributed by atoms with E-state index in [0.29, 0.717) is 31.3 Å². The minimum Gasteiger partial charge on any atom is -0.335 e. The third-order valence-electron chi connectivity index (χ3n) is 4.52. The van der Waals surface area contributed by atoms with Crippen LogP contribution in [0.1, 0.15) is 52.5 Å². The molecule has 0 bridgehead atoms. The molecule has 1 aliphatic heterocycles. The molecule has 0 radical (unpaired) electrons. The lowest BCUT2D eigenvalue weighted by atomic mass is 10.1. The van der Waals surface area contributed by atoms with E-state index in [-0.39, 0.29) is 23.8 Å². The van der Waals surface area contributed by atoms with Crippen molar-refractivity contribution in [1.29, 1.82) is 0 Å². The van der Waals surface area contributed by atoms with Gasteiger partial charge in [-0.15, -0.1) is 11.3 Å². The molecule has 0 aromatic carbocycles. The third kappa shape index (κ3) is 3.80. The Morgan fingerprint density at radius 2 is 2.04 bits per heavy atom. The smallest absolute Gasteiger partial charge is 0.264 e. The highest BCUT2D eigenvalue weighted by molar-refractivity contribution is 7.13. The van der Waals surface area contributed by atoms with Crippen molar-refractivity contribution in [2.75, 3.05) is 19.6 Å². The molecule has 140 valence electrons. The second-order valence-electron chi connectivity index (χ2n) is 7.00. The van der Waals surface area contributed by atoms with Crippen LogP contribution in [0.15, 0.2) is 12.1 Å². The zero-order chi connectivity index (χ0) is 18.8. The second kappa shape index (κ2) is 7.57. The number of carbonyl (C=O) groups is 2. The van der Waals surface area contributed by atoms with Crippen LogP contribution in [0.3, 0.4) is 0 Å². The summed E-state index contributed by atoms with van der Waals surface area (Å²) in [7, 11) is 0. The molecule has 0 saturated carbocycles. The monoisotopic (exact) mass is 375 g/mol. The highest BCUT2D eigenvalue weighted by atomic mass is 32.1. The molecule has 2 amide bonds. The minimum atomic E-state index is -0.331. The molecule has 2 aromatic rings. The van der Waals surface area contributed by atoms with Gasteiger partial charge in [0, 0.05) is 30.4 Å². The van der Waals surface area contributed by atoms with E-state index in [1.165, 1.54) is 11.3 Å². The molecule has 1 fully saturated rings. The first-order valence-corrected chi connectivity index (χ1v) is 9.73. The predicted molar refractivity (Wildman–Crippen MR) is 100.0 cm³/mol. The van der Waals surface area contributed by atoms with Crippen LogP contribution in [-0.2, 0) is 4.79 Å². The molecule has 8 heteroatoms. The largest absolute Gasteiger partial charge is 0.335 e. The van der Waals surface area contributed by atoms with Gasteiger partial charge < -0.3 is 9.80 Å². The van der Waals surface area contributed by atoms with Crippen LogP contribution in [0, 0.1) is 19.8 Å². The summed E-state index contributed by atoms with van der Waals surface area (Å²) >= 11 is 1.50. The van der Waals surface area contributed by atoms with Crippen LogP contribution in [0.4, 0.5) is 0 Å². The molecule has 1 saturated heterocycles. The number of rotatable bonds is 3. The van der Waals surface area contributed by atoms with Gasteiger partial charge in [0.05, 0.1) is 4.88 Å². The zero-order valence-corrected chi connectivity index (χ0v) is 16.5. The Balaban J connectivity index is 1.90. The molecule has 3 rings (SSSR count). The maximum atomic E-state index is 12.9. The number of thiophene rings is 1. The summed E-state index contributed by atoms with van der Waals surface area (Å²) < 4.78 is 0. The van der Waals surface area contributed by atoms with Crippen molar-refractivity contribution in [2.24, 2.45) is 5.92 Å². The van der Waals surface area contributed by atoms with Gasteiger partial charge >= 0.3 is 0 Å². The Hall–Kier alpha value is -2.22. The van der Waals surface area contributed by atoms with Gasteiger partial charge in [0.15, 0.2) is 5.82 Å². The van der Waals surface area contributed by atoms with Crippen molar-refractivity contribution in [1.82, 2.24) is 25.0 Å². The number of H-pyrrole nitrogens is 1. The highest BCUT2D eigenvalue weighted by Crippen LogP contribution is 2.26. The maximum Gasteiger partial charge on any atom is 0.264 e. The normalized spacial score (nSPS) is 18.3. The van der Waals surface area contributed by atoms with Crippen molar-refractivity contribution >= 4 is 23.2 Å². The lowest BCUT2D eigenvalue weighted by Crippen LogP contribution is -2.42. The summed E-state index contributed by atoms with van der Waals surface area (Å²) in [6.07, 6.45) is 0.745. The molecule has 1 N–H and O–H groups in total. The fraction of sp³-hybridized carbons (Fsp3) is 0.556. The van der Waals surface area contributed by atoms with Gasteiger partial charge in [-0.05, 0) is 32.4 Å². The summed E-state index contributed by atoms with van der Waals surface area (Å²) in [4.78, 5) is 35.6. The predicted octanol–water partition coefficient (Wildman–Crippen LogP) is 2.55. The number of aromatic amines is 1. The number of nitrogens with zero attached hydrogens (tertiary/aromatic N) is 4. The molecule has 26 heavy (non-hydrogen) atoms. The van der Waals surface area contributed by atoms with Crippen molar-refractivity contribution in [3.05, 3.63) is 33.5 Å². The Morgan fingerprint density at radius 3 is 2.62 bits per heavy atom. The molecule has 7 nitrogen and oxygen atoms in total. The number of hydrogen-bond donors (Lipinski definition) is 1. The summed E-state index contributed by atoms with van der Waals surface area (Å²) in [6.45, 7) is 9.24. The van der Waals surface area contributed by atoms with Crippen LogP contribution in [0.5, 0.6) is 0 Å². The first kappa shape index (κ1) is 18.6. The first-order valence-electron chi connectivity index (χ1n) is 8.92. The quantitative estimate of drug-likeness (QED) is 0.894. The Labute approximate surface area is 157 Å². The third-order valence-corrected chi connectivity index (χ3v) is 5.51. The molecular formula is C18H25N5O2S. The average Bonchev–Trinajstić information content (AvgIpc) is 3.16. The van der Waals surface area contributed by atoms with Crippen molar-refractivity contribution in [3.8, 4) is 0 Å². The Bertz CT molecular complexity index is 797. The van der Waals surface area contributed by atoms with Gasteiger partial charge in [0.2, 0.25) is 5.91 Å². The summed E-state index contributed by atoms with van der Waals surface area (Å²) in [5, 5.41) is 7.13. The molecule has 0 aliphatic carbocycles. The van der Waals surface area contributed by atoms with E-state index in [0.717, 1.165) is 16.2 Å². The van der Waals surface area contributed by atoms with Gasteiger partial charge in [-0.3, -0.25) is 14.7 Å². The first-order chi connectivity index (χ1) is 12.4. The molecule has 1 aliphatic rings. The van der Waals surface area contributed by atoms with Crippen LogP contribution < -0.4 is 0 Å². The zero-order valence-electron chi connectivity index (χ0n) is 15.7. The van der Waals surface area contributed by atoms with Gasteiger partial charge in [-0.2, -0.15) is 5.10 Å². The molecular weight excluding hydrogens is 350 g/mol. The van der Waals surface area contributed by atoms with Gasteiger partial charge in [0.1, 0.15) is 11.9 Å². The SMILES string of the molecule is Cc1nc(C2CN(C(=O)c3ccc(C)s3)CCCN2C(=O)C(C)C)n[nH]1. The number of aromatic nitrogens is 3. The summed E-state index contributed by atoms with van der Waals surface area (Å²) in [5.41, 5.74) is 0. The van der Waals surface area contributed by atoms with E-state index in [1.807, 2.05) is 49.6 Å². The van der Waals surface area contributed by atoms with Crippen molar-refractivity contribution in [3.63, 3.8) is 0 Å². The van der Waals surface area contributed by atoms with Crippen molar-refractivity contribution < 1.29 is 9.59 Å². The standard InChI is InChI=1S/C18H25N5O2S/c1-11(2)17(24)23-9-5-8-22(18(25)15-7-6-12(3)26-15)10-14(23)16-19-13(4)20-21-16/h6-7,11,14H,5,8-10H2,1-4H3,(H,19,20,21). The number of aryl methyl sites for hydroxylation is 2. The van der Waals surface area contributed by atoms with Gasteiger partial charge in [0.25, 0.3) is 5.91 Å². The maximum absolute atomic E-state index is 12.9. The van der Waals surface area contributed by atoms with Gasteiger partial charge in [-0.1, -0.05) is 13.8 Å². The van der Waals surface area contributed by atoms with Crippen LogP contribution in [0.25, 0.3) is 0 Å². The molecule has 1 unspecified atom stereocenters. The van der Waals surface area contributed by atoms with E-state index in [1.54, 1.807) is 0 Å². The minimum absolute atomic E-state index is 0.0132. The average molecular weight is 375 g/mol. The van der Waals surface area contributed by atoms with E-state index in [9.17, 15) is 9.59 Å². The number of nitrogens with one attached hydrogen (secondary N) is 1. The van der Waals surface area contributed by atoms with E-state index in [4.69, 9.17) is 0 Å². The lowest BCUT2D eigenvalue weighted by molar-refractivity contribution is -0.137. The number of amides is 2. The van der Waals surface area contributed by atoms with Crippen LogP contribution in [0.2, 0.25) is 0 Å². The second-order valence-corrected chi connectivity index (χ2v) is 8.28. The highest BCUT2D eigenvalue weighted by Gasteiger charge is 2.35. The number of hydrogen-bond acceptors (Lipinski definition) is 5. The number of carbonyl (C=O) groups excluding carboxylic acids is 2. The summed E-state index contributed by atoms with van der Waals surface area (Å²) in [6, 6.07) is 3.50. The van der Waals surface area contributed by atoms with Crippen LogP contribution >= 0.6 is 11.3 Å². The fourth-order valence-electron chi connectivity index (χ4n) is 3.20. The fourth-order valence-corrected chi connectivity index (χ4v) is 4.04. The molecule has 1 atom stereocenters. The van der Waals surface area contributed by atoms with Gasteiger partial charge in [-0.25, -0.2) is 4.98 Å². The molecule has 3 heterocycles. The molecule has 0 spiro atoms. The molecule has 2 aromatic heterocycles. The lowest BCUT2D eigenvalue weighted by Gasteiger charge is -2.31. The summed E-state index contributed by atoms with van der Waals surface area (Å²) in [5.74, 6) is 1.24. The topological polar surface area (TPSA) is 82.2 Å².